The van der Waals surface area contributed by atoms with Gasteiger partial charge in [-0.2, -0.15) is 0 Å². The average molecular weight is 333 g/mol. The Balaban J connectivity index is 2.67. The van der Waals surface area contributed by atoms with Crippen molar-refractivity contribution >= 4 is 17.2 Å². The number of aliphatic hydroxyl groups is 1. The van der Waals surface area contributed by atoms with Crippen molar-refractivity contribution in [2.45, 2.75) is 54.9 Å². The second kappa shape index (κ2) is 5.70. The zero-order valence-electron chi connectivity index (χ0n) is 15.4. The quantitative estimate of drug-likeness (QED) is 0.584. The lowest BCUT2D eigenvalue weighted by Crippen LogP contribution is -2.36. The van der Waals surface area contributed by atoms with Crippen LogP contribution in [0.1, 0.15) is 60.5 Å². The van der Waals surface area contributed by atoms with E-state index in [2.05, 4.69) is 54.5 Å². The SMILES string of the molecule is CC(C)(C)C1=C(O)C(c2ccc(Cl)cc2)=CC(C)(C(C)(C)C)C1. The third kappa shape index (κ3) is 3.50. The van der Waals surface area contributed by atoms with Gasteiger partial charge in [-0.3, -0.25) is 0 Å². The summed E-state index contributed by atoms with van der Waals surface area (Å²) in [6.45, 7) is 15.6. The van der Waals surface area contributed by atoms with Crippen LogP contribution in [-0.4, -0.2) is 5.11 Å². The number of hydrogen-bond acceptors (Lipinski definition) is 1. The summed E-state index contributed by atoms with van der Waals surface area (Å²) in [4.78, 5) is 0. The fourth-order valence-electron chi connectivity index (χ4n) is 3.00. The van der Waals surface area contributed by atoms with Gasteiger partial charge in [0, 0.05) is 10.6 Å². The smallest absolute Gasteiger partial charge is 0.122 e. The van der Waals surface area contributed by atoms with Crippen LogP contribution in [0.15, 0.2) is 41.7 Å². The minimum atomic E-state index is -0.0669. The molecule has 0 bridgehead atoms. The highest BCUT2D eigenvalue weighted by molar-refractivity contribution is 6.30. The van der Waals surface area contributed by atoms with Gasteiger partial charge >= 0.3 is 0 Å². The first-order valence-electron chi connectivity index (χ1n) is 8.27. The van der Waals surface area contributed by atoms with E-state index in [1.54, 1.807) is 0 Å². The molecule has 2 heteroatoms. The van der Waals surface area contributed by atoms with Crippen molar-refractivity contribution in [3.05, 3.63) is 52.3 Å². The number of hydrogen-bond donors (Lipinski definition) is 1. The second-order valence-electron chi connectivity index (χ2n) is 8.99. The summed E-state index contributed by atoms with van der Waals surface area (Å²) < 4.78 is 0. The third-order valence-corrected chi connectivity index (χ3v) is 5.57. The number of allylic oxidation sites excluding steroid dienone is 3. The van der Waals surface area contributed by atoms with E-state index >= 15 is 0 Å². The fraction of sp³-hybridized carbons (Fsp3) is 0.524. The van der Waals surface area contributed by atoms with E-state index < -0.39 is 0 Å². The lowest BCUT2D eigenvalue weighted by atomic mass is 9.59. The number of benzene rings is 1. The molecule has 1 unspecified atom stereocenters. The highest BCUT2D eigenvalue weighted by Gasteiger charge is 2.42. The molecule has 0 saturated heterocycles. The predicted octanol–water partition coefficient (Wildman–Crippen LogP) is 7.04. The maximum absolute atomic E-state index is 11.0. The van der Waals surface area contributed by atoms with Crippen molar-refractivity contribution in [1.29, 1.82) is 0 Å². The van der Waals surface area contributed by atoms with Gasteiger partial charge in [0.2, 0.25) is 0 Å². The Labute approximate surface area is 146 Å². The maximum Gasteiger partial charge on any atom is 0.122 e. The van der Waals surface area contributed by atoms with Gasteiger partial charge in [-0.25, -0.2) is 0 Å². The molecule has 0 amide bonds. The summed E-state index contributed by atoms with van der Waals surface area (Å²) in [6, 6.07) is 7.73. The molecule has 0 fully saturated rings. The van der Waals surface area contributed by atoms with Crippen LogP contribution >= 0.6 is 11.6 Å². The van der Waals surface area contributed by atoms with Gasteiger partial charge in [0.1, 0.15) is 5.76 Å². The number of rotatable bonds is 1. The van der Waals surface area contributed by atoms with Crippen LogP contribution in [0.4, 0.5) is 0 Å². The van der Waals surface area contributed by atoms with Crippen LogP contribution in [0.25, 0.3) is 5.57 Å². The predicted molar refractivity (Wildman–Crippen MR) is 101 cm³/mol. The molecule has 0 aromatic heterocycles. The van der Waals surface area contributed by atoms with Gasteiger partial charge in [-0.1, -0.05) is 78.3 Å². The van der Waals surface area contributed by atoms with E-state index in [1.807, 2.05) is 24.3 Å². The fourth-order valence-corrected chi connectivity index (χ4v) is 3.13. The van der Waals surface area contributed by atoms with Crippen molar-refractivity contribution in [3.63, 3.8) is 0 Å². The summed E-state index contributed by atoms with van der Waals surface area (Å²) in [6.07, 6.45) is 3.13. The van der Waals surface area contributed by atoms with Gasteiger partial charge < -0.3 is 5.11 Å². The van der Waals surface area contributed by atoms with E-state index in [-0.39, 0.29) is 16.2 Å². The van der Waals surface area contributed by atoms with Gasteiger partial charge in [0.15, 0.2) is 0 Å². The number of halogens is 1. The molecule has 1 aromatic carbocycles. The van der Waals surface area contributed by atoms with Crippen molar-refractivity contribution in [2.24, 2.45) is 16.2 Å². The molecule has 2 rings (SSSR count). The Morgan fingerprint density at radius 1 is 1.00 bits per heavy atom. The molecule has 1 atom stereocenters. The summed E-state index contributed by atoms with van der Waals surface area (Å²) >= 11 is 6.02. The van der Waals surface area contributed by atoms with Crippen molar-refractivity contribution in [3.8, 4) is 0 Å². The van der Waals surface area contributed by atoms with Crippen molar-refractivity contribution < 1.29 is 5.11 Å². The van der Waals surface area contributed by atoms with Crippen LogP contribution in [0, 0.1) is 16.2 Å². The monoisotopic (exact) mass is 332 g/mol. The molecule has 0 aliphatic heterocycles. The van der Waals surface area contributed by atoms with E-state index in [1.165, 1.54) is 0 Å². The molecule has 0 heterocycles. The van der Waals surface area contributed by atoms with E-state index in [9.17, 15) is 5.11 Å². The zero-order valence-corrected chi connectivity index (χ0v) is 16.2. The highest BCUT2D eigenvalue weighted by atomic mass is 35.5. The van der Waals surface area contributed by atoms with Gasteiger partial charge in [-0.05, 0) is 45.9 Å². The summed E-state index contributed by atoms with van der Waals surface area (Å²) in [5, 5.41) is 11.7. The summed E-state index contributed by atoms with van der Waals surface area (Å²) in [7, 11) is 0. The van der Waals surface area contributed by atoms with Gasteiger partial charge in [-0.15, -0.1) is 0 Å². The second-order valence-corrected chi connectivity index (χ2v) is 9.42. The lowest BCUT2D eigenvalue weighted by molar-refractivity contribution is 0.153. The molecule has 1 N–H and O–H groups in total. The normalized spacial score (nSPS) is 23.0. The van der Waals surface area contributed by atoms with E-state index in [4.69, 9.17) is 11.6 Å². The Morgan fingerprint density at radius 3 is 1.96 bits per heavy atom. The molecular weight excluding hydrogens is 304 g/mol. The standard InChI is InChI=1S/C21H29ClO/c1-19(2,3)17-13-21(7,20(4,5)6)12-16(18(17)23)14-8-10-15(22)11-9-14/h8-12,23H,13H2,1-7H3. The topological polar surface area (TPSA) is 20.2 Å². The molecule has 1 nitrogen and oxygen atoms in total. The Kier molecular flexibility index (Phi) is 4.50. The van der Waals surface area contributed by atoms with Gasteiger partial charge in [0.25, 0.3) is 0 Å². The van der Waals surface area contributed by atoms with Crippen LogP contribution in [0.2, 0.25) is 5.02 Å². The van der Waals surface area contributed by atoms with Crippen LogP contribution in [-0.2, 0) is 0 Å². The molecule has 1 aliphatic carbocycles. The maximum atomic E-state index is 11.0. The Morgan fingerprint density at radius 2 is 1.52 bits per heavy atom. The Hall–Kier alpha value is -1.21. The molecular formula is C21H29ClO. The minimum Gasteiger partial charge on any atom is -0.507 e. The van der Waals surface area contributed by atoms with Crippen LogP contribution in [0.5, 0.6) is 0 Å². The first-order chi connectivity index (χ1) is 10.3. The summed E-state index contributed by atoms with van der Waals surface area (Å²) in [5.74, 6) is 0.432. The average Bonchev–Trinajstić information content (AvgIpc) is 2.40. The molecule has 1 aliphatic rings. The van der Waals surface area contributed by atoms with Crippen molar-refractivity contribution in [1.82, 2.24) is 0 Å². The third-order valence-electron chi connectivity index (χ3n) is 5.32. The zero-order chi connectivity index (χ0) is 17.6. The van der Waals surface area contributed by atoms with Crippen LogP contribution < -0.4 is 0 Å². The first kappa shape index (κ1) is 18.1. The molecule has 0 saturated carbocycles. The number of aliphatic hydroxyl groups excluding tert-OH is 1. The van der Waals surface area contributed by atoms with Crippen molar-refractivity contribution in [2.75, 3.05) is 0 Å². The molecule has 1 aromatic rings. The molecule has 0 spiro atoms. The first-order valence-corrected chi connectivity index (χ1v) is 8.65. The van der Waals surface area contributed by atoms with E-state index in [0.717, 1.165) is 23.1 Å². The largest absolute Gasteiger partial charge is 0.507 e. The molecule has 126 valence electrons. The highest BCUT2D eigenvalue weighted by Crippen LogP contribution is 2.53. The van der Waals surface area contributed by atoms with E-state index in [0.29, 0.717) is 10.8 Å². The van der Waals surface area contributed by atoms with Gasteiger partial charge in [0.05, 0.1) is 0 Å². The Bertz CT molecular complexity index is 651. The minimum absolute atomic E-state index is 0.0171. The van der Waals surface area contributed by atoms with Crippen LogP contribution in [0.3, 0.4) is 0 Å². The molecule has 0 radical (unpaired) electrons. The lowest BCUT2D eigenvalue weighted by Gasteiger charge is -2.46. The summed E-state index contributed by atoms with van der Waals surface area (Å²) in [5.41, 5.74) is 3.09. The molecule has 23 heavy (non-hydrogen) atoms.